The molecular weight excluding hydrogens is 350 g/mol. The number of rotatable bonds is 3. The number of carbonyl (C=O) groups excluding carboxylic acids is 1. The Bertz CT molecular complexity index is 1010. The first-order valence-corrected chi connectivity index (χ1v) is 9.61. The maximum Gasteiger partial charge on any atom is 0.411 e. The highest BCUT2D eigenvalue weighted by molar-refractivity contribution is 5.85. The maximum absolute atomic E-state index is 12.4. The fraction of sp³-hybridized carbons (Fsp3) is 0.208. The number of nitrogens with one attached hydrogen (secondary N) is 1. The highest BCUT2D eigenvalue weighted by atomic mass is 16.5. The summed E-state index contributed by atoms with van der Waals surface area (Å²) in [4.78, 5) is 12.4. The third-order valence-corrected chi connectivity index (χ3v) is 5.71. The van der Waals surface area contributed by atoms with Gasteiger partial charge in [0.15, 0.2) is 0 Å². The highest BCUT2D eigenvalue weighted by Crippen LogP contribution is 2.44. The largest absolute Gasteiger partial charge is 0.448 e. The van der Waals surface area contributed by atoms with Crippen LogP contribution in [0.3, 0.4) is 0 Å². The summed E-state index contributed by atoms with van der Waals surface area (Å²) in [7, 11) is 0. The van der Waals surface area contributed by atoms with E-state index in [1.54, 1.807) is 0 Å². The van der Waals surface area contributed by atoms with E-state index in [0.717, 1.165) is 11.1 Å². The first-order valence-electron chi connectivity index (χ1n) is 9.61. The second kappa shape index (κ2) is 6.80. The van der Waals surface area contributed by atoms with Gasteiger partial charge in [0.25, 0.3) is 0 Å². The Morgan fingerprint density at radius 2 is 1.57 bits per heavy atom. The molecule has 0 fully saturated rings. The first kappa shape index (κ1) is 17.0. The minimum atomic E-state index is -0.458. The molecule has 4 nitrogen and oxygen atoms in total. The smallest absolute Gasteiger partial charge is 0.411 e. The minimum Gasteiger partial charge on any atom is -0.448 e. The van der Waals surface area contributed by atoms with E-state index < -0.39 is 6.09 Å². The van der Waals surface area contributed by atoms with Crippen LogP contribution in [-0.4, -0.2) is 23.9 Å². The lowest BCUT2D eigenvalue weighted by Gasteiger charge is -2.15. The summed E-state index contributed by atoms with van der Waals surface area (Å²) in [5.41, 5.74) is 7.75. The molecule has 3 aromatic carbocycles. The van der Waals surface area contributed by atoms with E-state index in [4.69, 9.17) is 4.74 Å². The molecular formula is C24H21NO3. The molecule has 1 unspecified atom stereocenters. The lowest BCUT2D eigenvalue weighted by Crippen LogP contribution is -2.18. The van der Waals surface area contributed by atoms with Crippen LogP contribution in [0.1, 0.15) is 28.2 Å². The Morgan fingerprint density at radius 1 is 0.929 bits per heavy atom. The van der Waals surface area contributed by atoms with Crippen molar-refractivity contribution < 1.29 is 14.6 Å². The van der Waals surface area contributed by atoms with E-state index in [1.165, 1.54) is 22.3 Å². The SMILES string of the molecule is O=C(Nc1ccc2c(c1)CC(O)C2)OCC1c2ccccc2-c2ccccc21. The number of hydrogen-bond acceptors (Lipinski definition) is 3. The zero-order valence-corrected chi connectivity index (χ0v) is 15.4. The van der Waals surface area contributed by atoms with Crippen molar-refractivity contribution in [3.8, 4) is 11.1 Å². The van der Waals surface area contributed by atoms with E-state index in [9.17, 15) is 9.90 Å². The Balaban J connectivity index is 1.29. The molecule has 2 aliphatic rings. The molecule has 5 rings (SSSR count). The summed E-state index contributed by atoms with van der Waals surface area (Å²) in [6.45, 7) is 0.295. The third-order valence-electron chi connectivity index (χ3n) is 5.71. The summed E-state index contributed by atoms with van der Waals surface area (Å²) in [6.07, 6.45) is 0.538. The van der Waals surface area contributed by atoms with Gasteiger partial charge in [0.1, 0.15) is 6.61 Å². The number of aliphatic hydroxyl groups excluding tert-OH is 1. The number of amides is 1. The van der Waals surface area contributed by atoms with Crippen molar-refractivity contribution in [2.45, 2.75) is 24.9 Å². The molecule has 4 heteroatoms. The van der Waals surface area contributed by atoms with Gasteiger partial charge in [-0.3, -0.25) is 5.32 Å². The average Bonchev–Trinajstić information content (AvgIpc) is 3.23. The summed E-state index contributed by atoms with van der Waals surface area (Å²) in [6, 6.07) is 22.3. The predicted octanol–water partition coefficient (Wildman–Crippen LogP) is 4.51. The van der Waals surface area contributed by atoms with Crippen LogP contribution in [0.15, 0.2) is 66.7 Å². The molecule has 28 heavy (non-hydrogen) atoms. The topological polar surface area (TPSA) is 58.6 Å². The van der Waals surface area contributed by atoms with Crippen LogP contribution in [0.5, 0.6) is 0 Å². The molecule has 0 saturated carbocycles. The van der Waals surface area contributed by atoms with Crippen LogP contribution >= 0.6 is 0 Å². The van der Waals surface area contributed by atoms with Gasteiger partial charge < -0.3 is 9.84 Å². The lowest BCUT2D eigenvalue weighted by atomic mass is 9.98. The molecule has 1 atom stereocenters. The fourth-order valence-electron chi connectivity index (χ4n) is 4.43. The number of benzene rings is 3. The van der Waals surface area contributed by atoms with Crippen molar-refractivity contribution in [2.75, 3.05) is 11.9 Å². The fourth-order valence-corrected chi connectivity index (χ4v) is 4.43. The molecule has 0 radical (unpaired) electrons. The van der Waals surface area contributed by atoms with Crippen LogP contribution in [0.2, 0.25) is 0 Å². The van der Waals surface area contributed by atoms with E-state index in [-0.39, 0.29) is 12.0 Å². The van der Waals surface area contributed by atoms with Gasteiger partial charge in [-0.2, -0.15) is 0 Å². The van der Waals surface area contributed by atoms with E-state index in [0.29, 0.717) is 25.1 Å². The van der Waals surface area contributed by atoms with Crippen molar-refractivity contribution in [3.63, 3.8) is 0 Å². The summed E-state index contributed by atoms with van der Waals surface area (Å²) >= 11 is 0. The van der Waals surface area contributed by atoms with Crippen LogP contribution in [0.25, 0.3) is 11.1 Å². The molecule has 2 N–H and O–H groups in total. The summed E-state index contributed by atoms with van der Waals surface area (Å²) in [5.74, 6) is 0.0494. The monoisotopic (exact) mass is 371 g/mol. The molecule has 140 valence electrons. The highest BCUT2D eigenvalue weighted by Gasteiger charge is 2.29. The number of aliphatic hydroxyl groups is 1. The van der Waals surface area contributed by atoms with Gasteiger partial charge in [-0.1, -0.05) is 54.6 Å². The molecule has 3 aromatic rings. The molecule has 0 spiro atoms. The number of ether oxygens (including phenoxy) is 1. The lowest BCUT2D eigenvalue weighted by molar-refractivity contribution is 0.158. The van der Waals surface area contributed by atoms with Gasteiger partial charge >= 0.3 is 6.09 Å². The number of anilines is 1. The number of carbonyl (C=O) groups is 1. The van der Waals surface area contributed by atoms with E-state index in [2.05, 4.69) is 29.6 Å². The Kier molecular flexibility index (Phi) is 4.14. The second-order valence-electron chi connectivity index (χ2n) is 7.50. The van der Waals surface area contributed by atoms with Gasteiger partial charge in [0, 0.05) is 11.6 Å². The summed E-state index contributed by atoms with van der Waals surface area (Å²) < 4.78 is 5.58. The number of hydrogen-bond donors (Lipinski definition) is 2. The van der Waals surface area contributed by atoms with Gasteiger partial charge in [-0.25, -0.2) is 4.79 Å². The predicted molar refractivity (Wildman–Crippen MR) is 109 cm³/mol. The average molecular weight is 371 g/mol. The minimum absolute atomic E-state index is 0.0494. The molecule has 0 heterocycles. The van der Waals surface area contributed by atoms with Crippen LogP contribution in [-0.2, 0) is 17.6 Å². The van der Waals surface area contributed by atoms with Gasteiger partial charge in [0.05, 0.1) is 6.10 Å². The normalized spacial score (nSPS) is 17.0. The van der Waals surface area contributed by atoms with Crippen molar-refractivity contribution in [1.29, 1.82) is 0 Å². The summed E-state index contributed by atoms with van der Waals surface area (Å²) in [5, 5.41) is 12.6. The van der Waals surface area contributed by atoms with Crippen molar-refractivity contribution >= 4 is 11.8 Å². The van der Waals surface area contributed by atoms with Crippen molar-refractivity contribution in [2.24, 2.45) is 0 Å². The molecule has 2 aliphatic carbocycles. The zero-order valence-electron chi connectivity index (χ0n) is 15.4. The molecule has 0 saturated heterocycles. The van der Waals surface area contributed by atoms with E-state index in [1.807, 2.05) is 42.5 Å². The van der Waals surface area contributed by atoms with Gasteiger partial charge in [-0.05, 0) is 58.4 Å². The van der Waals surface area contributed by atoms with Gasteiger partial charge in [-0.15, -0.1) is 0 Å². The van der Waals surface area contributed by atoms with Crippen LogP contribution < -0.4 is 5.32 Å². The van der Waals surface area contributed by atoms with Crippen LogP contribution in [0.4, 0.5) is 10.5 Å². The van der Waals surface area contributed by atoms with E-state index >= 15 is 0 Å². The third kappa shape index (κ3) is 2.96. The van der Waals surface area contributed by atoms with Gasteiger partial charge in [0.2, 0.25) is 0 Å². The zero-order chi connectivity index (χ0) is 19.1. The molecule has 0 aliphatic heterocycles. The Hall–Kier alpha value is -3.11. The number of fused-ring (bicyclic) bond motifs is 4. The second-order valence-corrected chi connectivity index (χ2v) is 7.50. The molecule has 0 bridgehead atoms. The Morgan fingerprint density at radius 3 is 2.29 bits per heavy atom. The quantitative estimate of drug-likeness (QED) is 0.712. The standard InChI is InChI=1S/C24H21NO3/c26-18-12-15-9-10-17(11-16(15)13-18)25-24(27)28-14-23-21-7-3-1-5-19(21)20-6-2-4-8-22(20)23/h1-11,18,23,26H,12-14H2,(H,25,27). The first-order chi connectivity index (χ1) is 13.7. The van der Waals surface area contributed by atoms with Crippen molar-refractivity contribution in [1.82, 2.24) is 0 Å². The van der Waals surface area contributed by atoms with Crippen LogP contribution in [0, 0.1) is 0 Å². The molecule has 1 amide bonds. The Labute approximate surface area is 163 Å². The molecule has 0 aromatic heterocycles. The van der Waals surface area contributed by atoms with Crippen molar-refractivity contribution in [3.05, 3.63) is 89.0 Å². The maximum atomic E-state index is 12.4.